The molecule has 0 amide bonds. The van der Waals surface area contributed by atoms with Crippen LogP contribution in [0.1, 0.15) is 186 Å². The van der Waals surface area contributed by atoms with E-state index in [0.717, 1.165) is 116 Å². The van der Waals surface area contributed by atoms with Gasteiger partial charge in [0.25, 0.3) is 0 Å². The number of cyclic esters (lactones) is 2. The molecule has 1 heterocycles. The fraction of sp³-hybridized carbons (Fsp3) is 0.680. The summed E-state index contributed by atoms with van der Waals surface area (Å²) in [5.74, 6) is -5.13. The second kappa shape index (κ2) is 32.5. The first-order valence-corrected chi connectivity index (χ1v) is 23.8. The Bertz CT molecular complexity index is 1630. The van der Waals surface area contributed by atoms with E-state index in [2.05, 4.69) is 31.1 Å². The molecule has 1 aliphatic heterocycles. The van der Waals surface area contributed by atoms with Crippen LogP contribution >= 0.6 is 0 Å². The monoisotopic (exact) mass is 930 g/mol. The largest absolute Gasteiger partial charge is 0.481 e. The van der Waals surface area contributed by atoms with E-state index in [1.807, 2.05) is 0 Å². The Kier molecular flexibility index (Phi) is 28.1. The predicted molar refractivity (Wildman–Crippen MR) is 242 cm³/mol. The number of carboxylic acid groups (broad SMARTS) is 2. The van der Waals surface area contributed by atoms with Crippen molar-refractivity contribution in [2.45, 2.75) is 217 Å². The first kappa shape index (κ1) is 57.0. The Morgan fingerprint density at radius 1 is 0.485 bits per heavy atom. The summed E-state index contributed by atoms with van der Waals surface area (Å²) in [6, 6.07) is 0. The molecule has 6 rings (SSSR count). The van der Waals surface area contributed by atoms with E-state index in [1.165, 1.54) is 44.9 Å². The standard InChI is InChI=1S/C17H26O4.2C11H16O4.C6H12O.C5H4O3/c1-13(17(19)21-15-10-6-3-7-11-15)12-16(18)20-14-8-4-2-5-9-14;1-8(11(13)14)7-10(12)15-9-5-3-2-4-6-9;1-8(7-10(12)13)11(14)15-9-5-3-2-4-6-9;7-6-4-2-1-3-5-6;1-3-2-4(6)8-5(3)7/h14-15H,1-12H2;9H,1-7H2,(H,13,14);9H,1-7H2,(H,12,13);6-7H,1-5H2;1-2H2. The molecule has 5 aliphatic carbocycles. The molecule has 0 spiro atoms. The third-order valence-corrected chi connectivity index (χ3v) is 11.7. The maximum atomic E-state index is 11.9. The number of carbonyl (C=O) groups excluding carboxylic acids is 6. The lowest BCUT2D eigenvalue weighted by molar-refractivity contribution is -0.153. The summed E-state index contributed by atoms with van der Waals surface area (Å²) >= 11 is 0. The third-order valence-electron chi connectivity index (χ3n) is 11.7. The van der Waals surface area contributed by atoms with E-state index in [1.54, 1.807) is 0 Å². The fourth-order valence-corrected chi connectivity index (χ4v) is 7.95. The van der Waals surface area contributed by atoms with Crippen LogP contribution < -0.4 is 0 Å². The number of aliphatic hydroxyl groups is 1. The van der Waals surface area contributed by atoms with Crippen molar-refractivity contribution in [2.75, 3.05) is 0 Å². The highest BCUT2D eigenvalue weighted by molar-refractivity contribution is 6.05. The summed E-state index contributed by atoms with van der Waals surface area (Å²) in [5.41, 5.74) is 0.361. The smallest absolute Gasteiger partial charge is 0.341 e. The highest BCUT2D eigenvalue weighted by Crippen LogP contribution is 2.25. The van der Waals surface area contributed by atoms with Gasteiger partial charge in [-0.25, -0.2) is 19.2 Å². The number of ether oxygens (including phenoxy) is 5. The maximum absolute atomic E-state index is 11.9. The Morgan fingerprint density at radius 3 is 1.06 bits per heavy atom. The summed E-state index contributed by atoms with van der Waals surface area (Å²) in [6.45, 7) is 13.7. The molecular formula is C50H74O16. The molecule has 0 atom stereocenters. The molecule has 3 N–H and O–H groups in total. The predicted octanol–water partition coefficient (Wildman–Crippen LogP) is 8.80. The van der Waals surface area contributed by atoms with Crippen LogP contribution in [0, 0.1) is 0 Å². The molecule has 0 unspecified atom stereocenters. The topological polar surface area (TPSA) is 243 Å². The molecule has 0 aromatic carbocycles. The minimum atomic E-state index is -1.14. The quantitative estimate of drug-likeness (QED) is 0.0676. The molecule has 16 nitrogen and oxygen atoms in total. The number of hydrogen-bond donors (Lipinski definition) is 3. The van der Waals surface area contributed by atoms with E-state index in [9.17, 15) is 38.4 Å². The van der Waals surface area contributed by atoms with Gasteiger partial charge in [0.05, 0.1) is 31.8 Å². The van der Waals surface area contributed by atoms with Crippen molar-refractivity contribution in [1.82, 2.24) is 0 Å². The van der Waals surface area contributed by atoms with Gasteiger partial charge in [-0.3, -0.25) is 19.2 Å². The van der Waals surface area contributed by atoms with Crippen molar-refractivity contribution in [3.8, 4) is 0 Å². The average Bonchev–Trinajstić information content (AvgIpc) is 3.58. The summed E-state index contributed by atoms with van der Waals surface area (Å²) in [5, 5.41) is 25.9. The van der Waals surface area contributed by atoms with E-state index in [4.69, 9.17) is 34.3 Å². The SMILES string of the molecule is C=C(CC(=O)O)C(=O)OC1CCCCC1.C=C(CC(=O)OC1CCCCC1)C(=O)O.C=C(CC(=O)OC1CCCCC1)C(=O)OC1CCCCC1.C=C1CC(=O)OC1=O.OC1CCCCC1. The van der Waals surface area contributed by atoms with Gasteiger partial charge in [-0.2, -0.15) is 0 Å². The van der Waals surface area contributed by atoms with Crippen LogP contribution in [0.5, 0.6) is 0 Å². The van der Waals surface area contributed by atoms with Gasteiger partial charge in [0.2, 0.25) is 0 Å². The van der Waals surface area contributed by atoms with E-state index in [-0.39, 0.29) is 84.5 Å². The van der Waals surface area contributed by atoms with Crippen LogP contribution in [0.25, 0.3) is 0 Å². The zero-order valence-electron chi connectivity index (χ0n) is 38.9. The first-order valence-electron chi connectivity index (χ1n) is 23.8. The summed E-state index contributed by atoms with van der Waals surface area (Å²) in [6.07, 6.45) is 26.1. The van der Waals surface area contributed by atoms with Gasteiger partial charge in [0.1, 0.15) is 24.4 Å². The molecule has 0 radical (unpaired) electrons. The Balaban J connectivity index is 0.000000298. The number of rotatable bonds is 13. The number of carbonyl (C=O) groups is 8. The zero-order valence-corrected chi connectivity index (χ0v) is 38.9. The van der Waals surface area contributed by atoms with Crippen LogP contribution in [-0.2, 0) is 62.0 Å². The zero-order chi connectivity index (χ0) is 48.9. The first-order chi connectivity index (χ1) is 31.4. The van der Waals surface area contributed by atoms with E-state index < -0.39 is 41.8 Å². The van der Waals surface area contributed by atoms with Gasteiger partial charge in [-0.15, -0.1) is 0 Å². The number of aliphatic carboxylic acids is 2. The summed E-state index contributed by atoms with van der Waals surface area (Å²) < 4.78 is 25.2. The maximum Gasteiger partial charge on any atom is 0.341 e. The highest BCUT2D eigenvalue weighted by Gasteiger charge is 2.26. The van der Waals surface area contributed by atoms with Gasteiger partial charge in [-0.1, -0.05) is 71.3 Å². The molecule has 1 saturated heterocycles. The van der Waals surface area contributed by atoms with Gasteiger partial charge in [-0.05, 0) is 116 Å². The van der Waals surface area contributed by atoms with Crippen molar-refractivity contribution in [1.29, 1.82) is 0 Å². The van der Waals surface area contributed by atoms with Gasteiger partial charge < -0.3 is 39.0 Å². The van der Waals surface area contributed by atoms with Gasteiger partial charge in [0.15, 0.2) is 0 Å². The summed E-state index contributed by atoms with van der Waals surface area (Å²) in [7, 11) is 0. The van der Waals surface area contributed by atoms with Crippen molar-refractivity contribution in [3.63, 3.8) is 0 Å². The molecule has 0 aromatic heterocycles. The molecule has 66 heavy (non-hydrogen) atoms. The van der Waals surface area contributed by atoms with E-state index >= 15 is 0 Å². The van der Waals surface area contributed by atoms with Crippen molar-refractivity contribution in [2.24, 2.45) is 0 Å². The van der Waals surface area contributed by atoms with E-state index in [0.29, 0.717) is 0 Å². The van der Waals surface area contributed by atoms with Crippen molar-refractivity contribution >= 4 is 47.8 Å². The molecule has 6 fully saturated rings. The van der Waals surface area contributed by atoms with Crippen LogP contribution in [0.15, 0.2) is 48.6 Å². The minimum absolute atomic E-state index is 0.00244. The Morgan fingerprint density at radius 2 is 0.803 bits per heavy atom. The highest BCUT2D eigenvalue weighted by atomic mass is 16.6. The lowest BCUT2D eigenvalue weighted by atomic mass is 9.97. The van der Waals surface area contributed by atoms with Crippen LogP contribution in [0.4, 0.5) is 0 Å². The number of aliphatic hydroxyl groups excluding tert-OH is 1. The molecular weight excluding hydrogens is 857 g/mol. The van der Waals surface area contributed by atoms with Crippen LogP contribution in [0.2, 0.25) is 0 Å². The second-order valence-electron chi connectivity index (χ2n) is 17.7. The lowest BCUT2D eigenvalue weighted by Gasteiger charge is -2.23. The molecule has 6 aliphatic rings. The molecule has 0 bridgehead atoms. The Hall–Kier alpha value is -5.12. The number of hydrogen-bond acceptors (Lipinski definition) is 14. The normalized spacial score (nSPS) is 19.4. The summed E-state index contributed by atoms with van der Waals surface area (Å²) in [4.78, 5) is 87.5. The average molecular weight is 931 g/mol. The minimum Gasteiger partial charge on any atom is -0.481 e. The second-order valence-corrected chi connectivity index (χ2v) is 17.7. The van der Waals surface area contributed by atoms with Crippen molar-refractivity contribution < 1.29 is 77.4 Å². The number of carboxylic acids is 2. The van der Waals surface area contributed by atoms with Crippen LogP contribution in [0.3, 0.4) is 0 Å². The third kappa shape index (κ3) is 26.1. The lowest BCUT2D eigenvalue weighted by Crippen LogP contribution is -2.24. The van der Waals surface area contributed by atoms with Crippen molar-refractivity contribution in [3.05, 3.63) is 48.6 Å². The molecule has 16 heteroatoms. The molecule has 370 valence electrons. The Labute approximate surface area is 389 Å². The van der Waals surface area contributed by atoms with Gasteiger partial charge >= 0.3 is 47.8 Å². The number of esters is 6. The molecule has 5 saturated carbocycles. The van der Waals surface area contributed by atoms with Gasteiger partial charge in [0, 0.05) is 22.3 Å². The molecule has 0 aromatic rings. The van der Waals surface area contributed by atoms with Crippen LogP contribution in [-0.4, -0.2) is 93.6 Å². The fourth-order valence-electron chi connectivity index (χ4n) is 7.95.